The topological polar surface area (TPSA) is 93.2 Å². The van der Waals surface area contributed by atoms with E-state index in [9.17, 15) is 19.2 Å². The third-order valence-corrected chi connectivity index (χ3v) is 8.28. The third-order valence-electron chi connectivity index (χ3n) is 7.94. The molecular formula is C36H48Cl2N2O6. The number of ketones is 2. The summed E-state index contributed by atoms with van der Waals surface area (Å²) in [6.45, 7) is 13.2. The number of hydrogen-bond donors (Lipinski definition) is 0. The van der Waals surface area contributed by atoms with E-state index < -0.39 is 11.2 Å². The molecule has 2 aromatic rings. The Morgan fingerprint density at radius 2 is 1.30 bits per heavy atom. The maximum Gasteiger partial charge on any atom is 0.410 e. The van der Waals surface area contributed by atoms with Crippen molar-refractivity contribution in [2.24, 2.45) is 5.41 Å². The Morgan fingerprint density at radius 1 is 0.783 bits per heavy atom. The zero-order valence-electron chi connectivity index (χ0n) is 28.0. The molecule has 252 valence electrons. The number of piperidine rings is 1. The van der Waals surface area contributed by atoms with Crippen LogP contribution in [0.4, 0.5) is 9.59 Å². The second-order valence-electron chi connectivity index (χ2n) is 13.8. The Bertz CT molecular complexity index is 1370. The van der Waals surface area contributed by atoms with E-state index in [0.717, 1.165) is 42.4 Å². The molecule has 2 aromatic carbocycles. The van der Waals surface area contributed by atoms with Crippen LogP contribution in [0.3, 0.4) is 0 Å². The van der Waals surface area contributed by atoms with Gasteiger partial charge >= 0.3 is 12.2 Å². The molecule has 1 heterocycles. The number of nitrogens with zero attached hydrogens (tertiary/aromatic N) is 2. The predicted octanol–water partition coefficient (Wildman–Crippen LogP) is 7.96. The molecule has 8 nitrogen and oxygen atoms in total. The van der Waals surface area contributed by atoms with Crippen molar-refractivity contribution in [3.8, 4) is 0 Å². The number of ether oxygens (including phenoxy) is 2. The molecule has 0 aromatic heterocycles. The van der Waals surface area contributed by atoms with Crippen molar-refractivity contribution >= 4 is 47.0 Å². The number of Topliss-reactive ketones (excluding diaryl/α,β-unsaturated/α-hetero) is 2. The molecule has 1 spiro atoms. The lowest BCUT2D eigenvalue weighted by Crippen LogP contribution is -2.47. The van der Waals surface area contributed by atoms with E-state index in [0.29, 0.717) is 50.1 Å². The van der Waals surface area contributed by atoms with Gasteiger partial charge in [0, 0.05) is 60.9 Å². The van der Waals surface area contributed by atoms with Crippen LogP contribution < -0.4 is 0 Å². The van der Waals surface area contributed by atoms with Gasteiger partial charge in [-0.3, -0.25) is 9.59 Å². The molecule has 0 atom stereocenters. The summed E-state index contributed by atoms with van der Waals surface area (Å²) in [5.41, 5.74) is 2.91. The second-order valence-corrected chi connectivity index (χ2v) is 14.6. The van der Waals surface area contributed by atoms with Crippen LogP contribution in [0, 0.1) is 5.41 Å². The van der Waals surface area contributed by atoms with Gasteiger partial charge in [0.2, 0.25) is 0 Å². The van der Waals surface area contributed by atoms with Crippen molar-refractivity contribution in [2.75, 3.05) is 37.9 Å². The molecular weight excluding hydrogens is 627 g/mol. The van der Waals surface area contributed by atoms with Gasteiger partial charge in [0.1, 0.15) is 11.2 Å². The van der Waals surface area contributed by atoms with Crippen LogP contribution in [0.2, 0.25) is 0 Å². The van der Waals surface area contributed by atoms with Gasteiger partial charge in [0.15, 0.2) is 11.6 Å². The number of carbonyl (C=O) groups excluding carboxylic acids is 4. The normalized spacial score (nSPS) is 16.4. The number of alkyl halides is 2. The fourth-order valence-corrected chi connectivity index (χ4v) is 6.10. The molecule has 1 fully saturated rings. The third kappa shape index (κ3) is 10.5. The molecule has 0 saturated carbocycles. The van der Waals surface area contributed by atoms with E-state index in [1.54, 1.807) is 4.90 Å². The van der Waals surface area contributed by atoms with Crippen molar-refractivity contribution in [1.29, 1.82) is 0 Å². The number of halogens is 2. The molecule has 0 N–H and O–H groups in total. The first-order valence-electron chi connectivity index (χ1n) is 15.9. The van der Waals surface area contributed by atoms with E-state index >= 15 is 0 Å². The monoisotopic (exact) mass is 674 g/mol. The maximum absolute atomic E-state index is 12.7. The van der Waals surface area contributed by atoms with Crippen LogP contribution in [-0.2, 0) is 22.3 Å². The van der Waals surface area contributed by atoms with Gasteiger partial charge in [-0.2, -0.15) is 0 Å². The standard InChI is InChI=1S/C18H23NO3.C9H17Cl2NO2.C9H8O/c1-17(2,3)22-16(21)19-10-8-18(9-11-19)12-13-6-4-5-7-14(13)15(18)20;1-9(2,3)14-8(13)12(6-4-10)7-5-11;10-9-6-5-7-3-1-2-4-8(7)9/h4-7H,8-12H2,1-3H3;4-7H2,1-3H3;1-4H,5-6H2. The highest BCUT2D eigenvalue weighted by Gasteiger charge is 2.47. The first-order chi connectivity index (χ1) is 21.6. The van der Waals surface area contributed by atoms with Crippen LogP contribution in [0.15, 0.2) is 48.5 Å². The number of aryl methyl sites for hydroxylation is 1. The van der Waals surface area contributed by atoms with Crippen molar-refractivity contribution < 1.29 is 28.7 Å². The highest BCUT2D eigenvalue weighted by atomic mass is 35.5. The van der Waals surface area contributed by atoms with Crippen LogP contribution in [0.5, 0.6) is 0 Å². The van der Waals surface area contributed by atoms with E-state index in [1.165, 1.54) is 10.5 Å². The minimum Gasteiger partial charge on any atom is -0.444 e. The van der Waals surface area contributed by atoms with Gasteiger partial charge < -0.3 is 19.3 Å². The summed E-state index contributed by atoms with van der Waals surface area (Å²) >= 11 is 11.1. The minimum atomic E-state index is -0.481. The van der Waals surface area contributed by atoms with E-state index in [4.69, 9.17) is 32.7 Å². The largest absolute Gasteiger partial charge is 0.444 e. The van der Waals surface area contributed by atoms with Crippen molar-refractivity contribution in [1.82, 2.24) is 9.80 Å². The maximum atomic E-state index is 12.7. The van der Waals surface area contributed by atoms with Crippen LogP contribution >= 0.6 is 23.2 Å². The summed E-state index contributed by atoms with van der Waals surface area (Å²) in [7, 11) is 0. The fraction of sp³-hybridized carbons (Fsp3) is 0.556. The van der Waals surface area contributed by atoms with E-state index in [-0.39, 0.29) is 23.4 Å². The SMILES string of the molecule is CC(C)(C)OC(=O)N(CCCl)CCCl.CC(C)(C)OC(=O)N1CCC2(CC1)Cc1ccccc1C2=O.O=C1CCc2ccccc21. The van der Waals surface area contributed by atoms with Crippen molar-refractivity contribution in [3.63, 3.8) is 0 Å². The summed E-state index contributed by atoms with van der Waals surface area (Å²) in [6.07, 6.45) is 3.27. The van der Waals surface area contributed by atoms with Crippen LogP contribution in [-0.4, -0.2) is 82.7 Å². The first-order valence-corrected chi connectivity index (χ1v) is 17.0. The number of benzene rings is 2. The Balaban J connectivity index is 0.000000205. The number of rotatable bonds is 4. The molecule has 1 aliphatic heterocycles. The van der Waals surface area contributed by atoms with Crippen molar-refractivity contribution in [2.45, 2.75) is 84.8 Å². The fourth-order valence-electron chi connectivity index (χ4n) is 5.69. The molecule has 2 aliphatic carbocycles. The number of carbonyl (C=O) groups is 4. The van der Waals surface area contributed by atoms with Gasteiger partial charge in [0.25, 0.3) is 0 Å². The minimum absolute atomic E-state index is 0.256. The quantitative estimate of drug-likeness (QED) is 0.306. The Hall–Kier alpha value is -3.10. The highest BCUT2D eigenvalue weighted by molar-refractivity contribution is 6.18. The molecule has 0 radical (unpaired) electrons. The smallest absolute Gasteiger partial charge is 0.410 e. The van der Waals surface area contributed by atoms with Gasteiger partial charge in [-0.1, -0.05) is 48.5 Å². The number of amides is 2. The highest BCUT2D eigenvalue weighted by Crippen LogP contribution is 2.44. The van der Waals surface area contributed by atoms with Crippen LogP contribution in [0.1, 0.15) is 92.6 Å². The van der Waals surface area contributed by atoms with Gasteiger partial charge in [0.05, 0.1) is 0 Å². The Labute approximate surface area is 283 Å². The molecule has 46 heavy (non-hydrogen) atoms. The van der Waals surface area contributed by atoms with Crippen molar-refractivity contribution in [3.05, 3.63) is 70.8 Å². The lowest BCUT2D eigenvalue weighted by Gasteiger charge is -2.38. The molecule has 1 saturated heterocycles. The van der Waals surface area contributed by atoms with E-state index in [2.05, 4.69) is 0 Å². The molecule has 5 rings (SSSR count). The molecule has 3 aliphatic rings. The first kappa shape index (κ1) is 37.4. The lowest BCUT2D eigenvalue weighted by atomic mass is 9.75. The molecule has 0 unspecified atom stereocenters. The second kappa shape index (κ2) is 16.1. The lowest BCUT2D eigenvalue weighted by molar-refractivity contribution is 0.0113. The zero-order chi connectivity index (χ0) is 34.1. The Kier molecular flexibility index (Phi) is 13.1. The summed E-state index contributed by atoms with van der Waals surface area (Å²) in [6, 6.07) is 15.7. The summed E-state index contributed by atoms with van der Waals surface area (Å²) < 4.78 is 10.6. The zero-order valence-corrected chi connectivity index (χ0v) is 29.5. The van der Waals surface area contributed by atoms with Gasteiger partial charge in [-0.05, 0) is 78.4 Å². The van der Waals surface area contributed by atoms with Crippen LogP contribution in [0.25, 0.3) is 0 Å². The van der Waals surface area contributed by atoms with Gasteiger partial charge in [-0.25, -0.2) is 9.59 Å². The molecule has 2 amide bonds. The average Bonchev–Trinajstić information content (AvgIpc) is 3.49. The molecule has 0 bridgehead atoms. The average molecular weight is 676 g/mol. The number of likely N-dealkylation sites (tertiary alicyclic amines) is 1. The Morgan fingerprint density at radius 3 is 1.80 bits per heavy atom. The summed E-state index contributed by atoms with van der Waals surface area (Å²) in [5.74, 6) is 1.33. The van der Waals surface area contributed by atoms with E-state index in [1.807, 2.05) is 90.1 Å². The molecule has 10 heteroatoms. The number of fused-ring (bicyclic) bond motifs is 2. The summed E-state index contributed by atoms with van der Waals surface area (Å²) in [5, 5.41) is 0. The van der Waals surface area contributed by atoms with Gasteiger partial charge in [-0.15, -0.1) is 23.2 Å². The number of hydrogen-bond acceptors (Lipinski definition) is 6. The summed E-state index contributed by atoms with van der Waals surface area (Å²) in [4.78, 5) is 50.7. The predicted molar refractivity (Wildman–Crippen MR) is 182 cm³/mol.